The van der Waals surface area contributed by atoms with Crippen molar-refractivity contribution in [2.24, 2.45) is 11.7 Å². The van der Waals surface area contributed by atoms with E-state index in [9.17, 15) is 19.2 Å². The number of primary amides is 1. The number of likely N-dealkylation sites (N-methyl/N-ethyl adjacent to an activating group) is 1. The third-order valence-corrected chi connectivity index (χ3v) is 5.84. The SMILES string of the molecule is [2H]C1([2H])N(C(=O)[C@H](CC(C)C)N(C)C(=O)OC(C)(C)C)[C@H](C(N)=O)C[C@]12C(=O)Nc1ccccc12. The standard InChI is InChI=1S/C24H34N4O5/c1-14(2)11-17(27(6)22(32)33-23(3,4)5)20(30)28-13-24(12-18(28)19(25)29)15-9-7-8-10-16(15)26-21(24)31/h7-10,14,17-18H,11-13H2,1-6H3,(H2,25,29)(H,26,31)/t17-,18-,24-/m0/s1/i13D2. The third-order valence-electron chi connectivity index (χ3n) is 5.84. The fourth-order valence-electron chi connectivity index (χ4n) is 4.27. The van der Waals surface area contributed by atoms with Crippen molar-refractivity contribution in [3.05, 3.63) is 29.8 Å². The number of carbonyl (C=O) groups excluding carboxylic acids is 4. The predicted octanol–water partition coefficient (Wildman–Crippen LogP) is 2.24. The maximum Gasteiger partial charge on any atom is 0.410 e. The first-order valence-corrected chi connectivity index (χ1v) is 11.0. The van der Waals surface area contributed by atoms with Crippen molar-refractivity contribution < 1.29 is 26.7 Å². The Morgan fingerprint density at radius 1 is 1.33 bits per heavy atom. The van der Waals surface area contributed by atoms with E-state index in [2.05, 4.69) is 5.32 Å². The molecule has 2 aliphatic rings. The van der Waals surface area contributed by atoms with E-state index >= 15 is 0 Å². The summed E-state index contributed by atoms with van der Waals surface area (Å²) < 4.78 is 23.5. The lowest BCUT2D eigenvalue weighted by atomic mass is 9.79. The van der Waals surface area contributed by atoms with Crippen molar-refractivity contribution in [3.8, 4) is 0 Å². The number of ether oxygens (including phenoxy) is 1. The number of amides is 4. The summed E-state index contributed by atoms with van der Waals surface area (Å²) in [4.78, 5) is 54.4. The molecule has 1 spiro atoms. The molecule has 180 valence electrons. The van der Waals surface area contributed by atoms with Gasteiger partial charge in [0.1, 0.15) is 17.7 Å². The molecule has 1 aromatic rings. The number of fused-ring (bicyclic) bond motifs is 2. The lowest BCUT2D eigenvalue weighted by Gasteiger charge is -2.34. The summed E-state index contributed by atoms with van der Waals surface area (Å²) in [5, 5.41) is 2.68. The molecule has 0 aliphatic carbocycles. The average molecular weight is 461 g/mol. The molecular formula is C24H34N4O5. The van der Waals surface area contributed by atoms with Crippen LogP contribution in [-0.2, 0) is 24.5 Å². The summed E-state index contributed by atoms with van der Waals surface area (Å²) in [5.74, 6) is -2.45. The summed E-state index contributed by atoms with van der Waals surface area (Å²) in [6.07, 6.45) is -0.887. The van der Waals surface area contributed by atoms with Gasteiger partial charge in [-0.1, -0.05) is 32.0 Å². The molecule has 9 nitrogen and oxygen atoms in total. The molecule has 0 bridgehead atoms. The fourth-order valence-corrected chi connectivity index (χ4v) is 4.27. The number of nitrogens with one attached hydrogen (secondary N) is 1. The normalized spacial score (nSPS) is 25.2. The summed E-state index contributed by atoms with van der Waals surface area (Å²) >= 11 is 0. The van der Waals surface area contributed by atoms with Crippen molar-refractivity contribution in [1.82, 2.24) is 9.80 Å². The van der Waals surface area contributed by atoms with Gasteiger partial charge in [0.15, 0.2) is 0 Å². The van der Waals surface area contributed by atoms with Gasteiger partial charge in [-0.2, -0.15) is 0 Å². The quantitative estimate of drug-likeness (QED) is 0.698. The van der Waals surface area contributed by atoms with Gasteiger partial charge in [-0.25, -0.2) is 4.79 Å². The van der Waals surface area contributed by atoms with Crippen LogP contribution in [0.3, 0.4) is 0 Å². The van der Waals surface area contributed by atoms with Gasteiger partial charge in [0.25, 0.3) is 0 Å². The summed E-state index contributed by atoms with van der Waals surface area (Å²) in [5.41, 5.74) is 3.78. The Bertz CT molecular complexity index is 1050. The molecular weight excluding hydrogens is 424 g/mol. The molecule has 0 unspecified atom stereocenters. The van der Waals surface area contributed by atoms with Gasteiger partial charge in [0.05, 0.1) is 8.16 Å². The van der Waals surface area contributed by atoms with E-state index in [4.69, 9.17) is 13.2 Å². The zero-order valence-electron chi connectivity index (χ0n) is 22.0. The maximum atomic E-state index is 14.0. The predicted molar refractivity (Wildman–Crippen MR) is 123 cm³/mol. The minimum Gasteiger partial charge on any atom is -0.444 e. The van der Waals surface area contributed by atoms with Gasteiger partial charge in [0, 0.05) is 19.2 Å². The van der Waals surface area contributed by atoms with Crippen molar-refractivity contribution in [2.45, 2.75) is 70.6 Å². The minimum absolute atomic E-state index is 0.0567. The van der Waals surface area contributed by atoms with Crippen LogP contribution in [0.2, 0.25) is 0 Å². The third kappa shape index (κ3) is 4.67. The number of hydrogen-bond donors (Lipinski definition) is 2. The van der Waals surface area contributed by atoms with Crippen LogP contribution in [0, 0.1) is 5.92 Å². The molecule has 2 aliphatic heterocycles. The van der Waals surface area contributed by atoms with Crippen LogP contribution in [0.15, 0.2) is 24.3 Å². The monoisotopic (exact) mass is 460 g/mol. The Morgan fingerprint density at radius 3 is 2.55 bits per heavy atom. The number of rotatable bonds is 5. The van der Waals surface area contributed by atoms with E-state index in [-0.39, 0.29) is 18.8 Å². The molecule has 33 heavy (non-hydrogen) atoms. The van der Waals surface area contributed by atoms with Crippen molar-refractivity contribution in [2.75, 3.05) is 18.9 Å². The van der Waals surface area contributed by atoms with E-state index in [0.717, 1.165) is 9.80 Å². The molecule has 4 amide bonds. The Hall–Kier alpha value is -3.10. The second kappa shape index (κ2) is 8.68. The van der Waals surface area contributed by atoms with Gasteiger partial charge in [-0.3, -0.25) is 19.3 Å². The molecule has 1 aromatic carbocycles. The van der Waals surface area contributed by atoms with Crippen LogP contribution in [0.25, 0.3) is 0 Å². The van der Waals surface area contributed by atoms with Crippen LogP contribution < -0.4 is 11.1 Å². The summed E-state index contributed by atoms with van der Waals surface area (Å²) in [6, 6.07) is 4.08. The second-order valence-corrected chi connectivity index (χ2v) is 10.1. The maximum absolute atomic E-state index is 14.0. The van der Waals surface area contributed by atoms with Crippen LogP contribution in [0.4, 0.5) is 10.5 Å². The van der Waals surface area contributed by atoms with Gasteiger partial charge in [-0.15, -0.1) is 0 Å². The van der Waals surface area contributed by atoms with E-state index < -0.39 is 53.4 Å². The number of nitrogens with two attached hydrogens (primary N) is 1. The number of para-hydroxylation sites is 1. The van der Waals surface area contributed by atoms with E-state index in [0.29, 0.717) is 11.3 Å². The van der Waals surface area contributed by atoms with E-state index in [1.165, 1.54) is 7.05 Å². The van der Waals surface area contributed by atoms with Gasteiger partial charge in [-0.05, 0) is 51.2 Å². The Kier molecular flexibility index (Phi) is 5.72. The zero-order valence-corrected chi connectivity index (χ0v) is 20.0. The van der Waals surface area contributed by atoms with Crippen molar-refractivity contribution in [3.63, 3.8) is 0 Å². The molecule has 0 saturated carbocycles. The molecule has 9 heteroatoms. The highest BCUT2D eigenvalue weighted by molar-refractivity contribution is 6.08. The number of benzene rings is 1. The van der Waals surface area contributed by atoms with Gasteiger partial charge < -0.3 is 20.7 Å². The Labute approximate surface area is 197 Å². The smallest absolute Gasteiger partial charge is 0.410 e. The van der Waals surface area contributed by atoms with Crippen LogP contribution in [0.1, 0.15) is 55.8 Å². The first-order valence-electron chi connectivity index (χ1n) is 12.0. The molecule has 0 radical (unpaired) electrons. The number of likely N-dealkylation sites (tertiary alicyclic amines) is 1. The molecule has 1 saturated heterocycles. The molecule has 2 heterocycles. The van der Waals surface area contributed by atoms with Crippen LogP contribution >= 0.6 is 0 Å². The highest BCUT2D eigenvalue weighted by Gasteiger charge is 2.57. The Morgan fingerprint density at radius 2 is 1.97 bits per heavy atom. The minimum atomic E-state index is -2.61. The van der Waals surface area contributed by atoms with Gasteiger partial charge in [0.2, 0.25) is 17.7 Å². The molecule has 1 fully saturated rings. The highest BCUT2D eigenvalue weighted by atomic mass is 16.6. The second-order valence-electron chi connectivity index (χ2n) is 10.1. The first kappa shape index (κ1) is 21.7. The number of nitrogens with zero attached hydrogens (tertiary/aromatic N) is 2. The largest absolute Gasteiger partial charge is 0.444 e. The Balaban J connectivity index is 2.09. The van der Waals surface area contributed by atoms with E-state index in [1.807, 2.05) is 13.8 Å². The van der Waals surface area contributed by atoms with Crippen LogP contribution in [0.5, 0.6) is 0 Å². The molecule has 0 aromatic heterocycles. The van der Waals surface area contributed by atoms with Crippen LogP contribution in [-0.4, -0.2) is 64.8 Å². The lowest BCUT2D eigenvalue weighted by molar-refractivity contribution is -0.142. The lowest BCUT2D eigenvalue weighted by Crippen LogP contribution is -2.54. The topological polar surface area (TPSA) is 122 Å². The molecule has 3 rings (SSSR count). The average Bonchev–Trinajstić information content (AvgIpc) is 3.15. The number of anilines is 1. The zero-order chi connectivity index (χ0) is 26.5. The van der Waals surface area contributed by atoms with E-state index in [1.54, 1.807) is 45.0 Å². The number of hydrogen-bond acceptors (Lipinski definition) is 5. The molecule has 3 N–H and O–H groups in total. The van der Waals surface area contributed by atoms with Gasteiger partial charge >= 0.3 is 6.09 Å². The number of carbonyl (C=O) groups is 4. The van der Waals surface area contributed by atoms with Crippen molar-refractivity contribution in [1.29, 1.82) is 0 Å². The fraction of sp³-hybridized carbons (Fsp3) is 0.583. The van der Waals surface area contributed by atoms with Crippen molar-refractivity contribution >= 4 is 29.5 Å². The highest BCUT2D eigenvalue weighted by Crippen LogP contribution is 2.46. The summed E-state index contributed by atoms with van der Waals surface area (Å²) in [6.45, 7) is 6.19. The molecule has 3 atom stereocenters. The summed E-state index contributed by atoms with van der Waals surface area (Å²) in [7, 11) is 1.40. The first-order chi connectivity index (χ1) is 16.0.